The van der Waals surface area contributed by atoms with Crippen LogP contribution in [0.5, 0.6) is 5.88 Å². The summed E-state index contributed by atoms with van der Waals surface area (Å²) in [6, 6.07) is 5.91. The molecule has 0 atom stereocenters. The molecule has 2 aromatic rings. The van der Waals surface area contributed by atoms with E-state index >= 15 is 0 Å². The Morgan fingerprint density at radius 1 is 1.29 bits per heavy atom. The van der Waals surface area contributed by atoms with E-state index in [1.807, 2.05) is 0 Å². The Kier molecular flexibility index (Phi) is 2.52. The summed E-state index contributed by atoms with van der Waals surface area (Å²) in [6.45, 7) is 0. The van der Waals surface area contributed by atoms with Crippen molar-refractivity contribution in [3.05, 3.63) is 34.0 Å². The Balaban J connectivity index is 2.49. The van der Waals surface area contributed by atoms with E-state index in [0.29, 0.717) is 8.79 Å². The van der Waals surface area contributed by atoms with Crippen LogP contribution in [0.25, 0.3) is 10.4 Å². The molecule has 0 unspecified atom stereocenters. The van der Waals surface area contributed by atoms with Gasteiger partial charge in [-0.2, -0.15) is 4.98 Å². The Morgan fingerprint density at radius 2 is 1.93 bits per heavy atom. The zero-order valence-electron chi connectivity index (χ0n) is 6.87. The third-order valence-corrected chi connectivity index (χ3v) is 3.23. The minimum atomic E-state index is -0.295. The fourth-order valence-corrected chi connectivity index (χ4v) is 2.42. The van der Waals surface area contributed by atoms with E-state index in [4.69, 9.17) is 0 Å². The Hall–Kier alpha value is -0.940. The number of nitrogens with zero attached hydrogens (tertiary/aromatic N) is 1. The number of hydrogen-bond acceptors (Lipinski definition) is 3. The molecule has 1 N–H and O–H groups in total. The lowest BCUT2D eigenvalue weighted by Gasteiger charge is -1.96. The predicted molar refractivity (Wildman–Crippen MR) is 56.9 cm³/mol. The summed E-state index contributed by atoms with van der Waals surface area (Å²) in [5.41, 5.74) is 0.757. The largest absolute Gasteiger partial charge is 0.492 e. The molecule has 2 rings (SSSR count). The number of benzene rings is 1. The number of aromatic nitrogens is 1. The predicted octanol–water partition coefficient (Wildman–Crippen LogP) is 3.42. The molecular formula is C9H5BrFNOS. The summed E-state index contributed by atoms with van der Waals surface area (Å²) in [7, 11) is 0. The van der Waals surface area contributed by atoms with Crippen LogP contribution in [0.3, 0.4) is 0 Å². The third kappa shape index (κ3) is 1.78. The molecule has 0 saturated carbocycles. The molecule has 0 fully saturated rings. The lowest BCUT2D eigenvalue weighted by molar-refractivity contribution is 0.458. The average molecular weight is 274 g/mol. The van der Waals surface area contributed by atoms with Crippen molar-refractivity contribution < 1.29 is 9.50 Å². The quantitative estimate of drug-likeness (QED) is 0.864. The minimum absolute atomic E-state index is 0.0338. The van der Waals surface area contributed by atoms with Gasteiger partial charge in [0, 0.05) is 0 Å². The van der Waals surface area contributed by atoms with E-state index in [-0.39, 0.29) is 11.7 Å². The first-order valence-electron chi connectivity index (χ1n) is 3.78. The molecule has 0 radical (unpaired) electrons. The summed E-state index contributed by atoms with van der Waals surface area (Å²) < 4.78 is 13.2. The molecule has 1 aromatic carbocycles. The van der Waals surface area contributed by atoms with Gasteiger partial charge in [0.1, 0.15) is 5.82 Å². The van der Waals surface area contributed by atoms with Crippen LogP contribution in [0.4, 0.5) is 4.39 Å². The van der Waals surface area contributed by atoms with Crippen molar-refractivity contribution in [2.75, 3.05) is 0 Å². The SMILES string of the molecule is Oc1nc(Br)sc1-c1ccc(F)cc1. The highest BCUT2D eigenvalue weighted by Gasteiger charge is 2.10. The van der Waals surface area contributed by atoms with Crippen molar-refractivity contribution in [1.82, 2.24) is 4.98 Å². The first-order chi connectivity index (χ1) is 6.66. The lowest BCUT2D eigenvalue weighted by atomic mass is 10.2. The van der Waals surface area contributed by atoms with Gasteiger partial charge in [0.25, 0.3) is 0 Å². The highest BCUT2D eigenvalue weighted by atomic mass is 79.9. The lowest BCUT2D eigenvalue weighted by Crippen LogP contribution is -1.75. The Bertz CT molecular complexity index is 454. The summed E-state index contributed by atoms with van der Waals surface area (Å²) in [6.07, 6.45) is 0. The Labute approximate surface area is 92.2 Å². The highest BCUT2D eigenvalue weighted by molar-refractivity contribution is 9.11. The van der Waals surface area contributed by atoms with Gasteiger partial charge in [-0.1, -0.05) is 12.1 Å². The minimum Gasteiger partial charge on any atom is -0.492 e. The first-order valence-corrected chi connectivity index (χ1v) is 5.39. The first kappa shape index (κ1) is 9.61. The zero-order valence-corrected chi connectivity index (χ0v) is 9.27. The van der Waals surface area contributed by atoms with E-state index in [1.165, 1.54) is 23.5 Å². The van der Waals surface area contributed by atoms with E-state index in [0.717, 1.165) is 5.56 Å². The fourth-order valence-electron chi connectivity index (χ4n) is 1.08. The third-order valence-electron chi connectivity index (χ3n) is 1.69. The summed E-state index contributed by atoms with van der Waals surface area (Å²) >= 11 is 4.47. The van der Waals surface area contributed by atoms with Gasteiger partial charge >= 0.3 is 0 Å². The van der Waals surface area contributed by atoms with Crippen LogP contribution in [-0.4, -0.2) is 10.1 Å². The van der Waals surface area contributed by atoms with E-state index in [2.05, 4.69) is 20.9 Å². The van der Waals surface area contributed by atoms with Crippen LogP contribution in [0.2, 0.25) is 0 Å². The van der Waals surface area contributed by atoms with Crippen LogP contribution < -0.4 is 0 Å². The van der Waals surface area contributed by atoms with E-state index in [9.17, 15) is 9.50 Å². The topological polar surface area (TPSA) is 33.1 Å². The number of rotatable bonds is 1. The maximum atomic E-state index is 12.6. The van der Waals surface area contributed by atoms with Gasteiger partial charge in [0.05, 0.1) is 4.88 Å². The fraction of sp³-hybridized carbons (Fsp3) is 0. The summed E-state index contributed by atoms with van der Waals surface area (Å²) in [4.78, 5) is 4.44. The number of thiazole rings is 1. The van der Waals surface area contributed by atoms with Gasteiger partial charge < -0.3 is 5.11 Å². The second-order valence-electron chi connectivity index (χ2n) is 2.63. The summed E-state index contributed by atoms with van der Waals surface area (Å²) in [5, 5.41) is 9.43. The van der Waals surface area contributed by atoms with E-state index < -0.39 is 0 Å². The van der Waals surface area contributed by atoms with Gasteiger partial charge in [-0.05, 0) is 33.6 Å². The number of aromatic hydroxyl groups is 1. The smallest absolute Gasteiger partial charge is 0.231 e. The normalized spacial score (nSPS) is 10.4. The van der Waals surface area contributed by atoms with Crippen molar-refractivity contribution in [1.29, 1.82) is 0 Å². The zero-order chi connectivity index (χ0) is 10.1. The second kappa shape index (κ2) is 3.67. The van der Waals surface area contributed by atoms with Gasteiger partial charge in [0.15, 0.2) is 3.92 Å². The molecule has 5 heteroatoms. The maximum Gasteiger partial charge on any atom is 0.231 e. The molecular weight excluding hydrogens is 269 g/mol. The molecule has 0 amide bonds. The molecule has 0 saturated heterocycles. The van der Waals surface area contributed by atoms with E-state index in [1.54, 1.807) is 12.1 Å². The molecule has 0 spiro atoms. The Morgan fingerprint density at radius 3 is 2.43 bits per heavy atom. The average Bonchev–Trinajstić information content (AvgIpc) is 2.47. The van der Waals surface area contributed by atoms with Crippen LogP contribution in [0.1, 0.15) is 0 Å². The highest BCUT2D eigenvalue weighted by Crippen LogP contribution is 2.36. The van der Waals surface area contributed by atoms with Crippen LogP contribution in [0, 0.1) is 5.82 Å². The van der Waals surface area contributed by atoms with Crippen molar-refractivity contribution in [3.8, 4) is 16.3 Å². The van der Waals surface area contributed by atoms with Crippen molar-refractivity contribution in [2.24, 2.45) is 0 Å². The van der Waals surface area contributed by atoms with Crippen LogP contribution in [0.15, 0.2) is 28.2 Å². The molecule has 14 heavy (non-hydrogen) atoms. The molecule has 0 bridgehead atoms. The molecule has 0 aliphatic carbocycles. The maximum absolute atomic E-state index is 12.6. The molecule has 0 aliphatic heterocycles. The van der Waals surface area contributed by atoms with Gasteiger partial charge in [-0.15, -0.1) is 11.3 Å². The number of halogens is 2. The van der Waals surface area contributed by atoms with Gasteiger partial charge in [0.2, 0.25) is 5.88 Å². The molecule has 2 nitrogen and oxygen atoms in total. The van der Waals surface area contributed by atoms with Crippen molar-refractivity contribution >= 4 is 27.3 Å². The van der Waals surface area contributed by atoms with Crippen LogP contribution >= 0.6 is 27.3 Å². The standard InChI is InChI=1S/C9H5BrFNOS/c10-9-12-8(13)7(14-9)5-1-3-6(11)4-2-5/h1-4,13H. The monoisotopic (exact) mass is 273 g/mol. The second-order valence-corrected chi connectivity index (χ2v) is 4.90. The molecule has 0 aliphatic rings. The summed E-state index contributed by atoms with van der Waals surface area (Å²) in [5.74, 6) is -0.328. The molecule has 1 aromatic heterocycles. The van der Waals surface area contributed by atoms with Crippen molar-refractivity contribution in [2.45, 2.75) is 0 Å². The van der Waals surface area contributed by atoms with Gasteiger partial charge in [-0.25, -0.2) is 4.39 Å². The number of hydrogen-bond donors (Lipinski definition) is 1. The molecule has 72 valence electrons. The van der Waals surface area contributed by atoms with Gasteiger partial charge in [-0.3, -0.25) is 0 Å². The molecule has 1 heterocycles. The van der Waals surface area contributed by atoms with Crippen LogP contribution in [-0.2, 0) is 0 Å². The van der Waals surface area contributed by atoms with Crippen molar-refractivity contribution in [3.63, 3.8) is 0 Å².